The largest absolute Gasteiger partial charge is 0.399 e. The highest BCUT2D eigenvalue weighted by molar-refractivity contribution is 6.05. The minimum Gasteiger partial charge on any atom is -0.399 e. The van der Waals surface area contributed by atoms with Crippen LogP contribution >= 0.6 is 0 Å². The number of anilines is 2. The van der Waals surface area contributed by atoms with Crippen molar-refractivity contribution in [1.29, 1.82) is 0 Å². The Kier molecular flexibility index (Phi) is 3.10. The average Bonchev–Trinajstić information content (AvgIpc) is 2.39. The van der Waals surface area contributed by atoms with E-state index in [1.165, 1.54) is 0 Å². The number of carbonyl (C=O) groups is 1. The van der Waals surface area contributed by atoms with Crippen LogP contribution in [0.3, 0.4) is 0 Å². The van der Waals surface area contributed by atoms with Crippen LogP contribution in [0.1, 0.15) is 10.4 Å². The Morgan fingerprint density at radius 1 is 1.00 bits per heavy atom. The van der Waals surface area contributed by atoms with Crippen LogP contribution in [-0.4, -0.2) is 13.0 Å². The van der Waals surface area contributed by atoms with Gasteiger partial charge in [-0.2, -0.15) is 0 Å². The van der Waals surface area contributed by atoms with E-state index in [1.807, 2.05) is 30.3 Å². The number of carbonyl (C=O) groups excluding carboxylic acids is 1. The average molecular weight is 226 g/mol. The van der Waals surface area contributed by atoms with E-state index in [1.54, 1.807) is 36.2 Å². The number of amides is 1. The molecule has 2 aromatic rings. The summed E-state index contributed by atoms with van der Waals surface area (Å²) in [6.07, 6.45) is 0. The van der Waals surface area contributed by atoms with Gasteiger partial charge >= 0.3 is 0 Å². The standard InChI is InChI=1S/C14H14N2O/c1-16(13-9-7-12(15)8-10-13)14(17)11-5-3-2-4-6-11/h2-10H,15H2,1H3. The zero-order valence-electron chi connectivity index (χ0n) is 9.63. The van der Waals surface area contributed by atoms with E-state index >= 15 is 0 Å². The predicted octanol–water partition coefficient (Wildman–Crippen LogP) is 2.55. The molecular formula is C14H14N2O. The van der Waals surface area contributed by atoms with E-state index in [0.29, 0.717) is 11.3 Å². The van der Waals surface area contributed by atoms with Crippen LogP contribution in [0, 0.1) is 0 Å². The molecule has 2 rings (SSSR count). The summed E-state index contributed by atoms with van der Waals surface area (Å²) in [4.78, 5) is 13.7. The Hall–Kier alpha value is -2.29. The molecule has 86 valence electrons. The maximum absolute atomic E-state index is 12.1. The van der Waals surface area contributed by atoms with Crippen molar-refractivity contribution in [3.05, 3.63) is 60.2 Å². The monoisotopic (exact) mass is 226 g/mol. The minimum absolute atomic E-state index is 0.0321. The number of nitrogens with zero attached hydrogens (tertiary/aromatic N) is 1. The van der Waals surface area contributed by atoms with Crippen molar-refractivity contribution in [1.82, 2.24) is 0 Å². The molecule has 0 unspecified atom stereocenters. The summed E-state index contributed by atoms with van der Waals surface area (Å²) in [6, 6.07) is 16.4. The number of hydrogen-bond donors (Lipinski definition) is 1. The Morgan fingerprint density at radius 3 is 2.18 bits per heavy atom. The molecule has 0 saturated heterocycles. The third kappa shape index (κ3) is 2.45. The van der Waals surface area contributed by atoms with Gasteiger partial charge in [0, 0.05) is 24.0 Å². The van der Waals surface area contributed by atoms with Crippen LogP contribution in [0.4, 0.5) is 11.4 Å². The van der Waals surface area contributed by atoms with Gasteiger partial charge in [-0.15, -0.1) is 0 Å². The van der Waals surface area contributed by atoms with Crippen molar-refractivity contribution >= 4 is 17.3 Å². The van der Waals surface area contributed by atoms with Crippen molar-refractivity contribution in [2.24, 2.45) is 0 Å². The summed E-state index contributed by atoms with van der Waals surface area (Å²) in [7, 11) is 1.75. The molecule has 2 N–H and O–H groups in total. The zero-order valence-corrected chi connectivity index (χ0v) is 9.63. The first-order valence-corrected chi connectivity index (χ1v) is 5.37. The molecule has 0 bridgehead atoms. The molecule has 17 heavy (non-hydrogen) atoms. The molecule has 0 fully saturated rings. The lowest BCUT2D eigenvalue weighted by Gasteiger charge is -2.17. The van der Waals surface area contributed by atoms with Gasteiger partial charge in [0.2, 0.25) is 0 Å². The molecule has 0 aromatic heterocycles. The second kappa shape index (κ2) is 4.70. The molecule has 3 heteroatoms. The van der Waals surface area contributed by atoms with Crippen molar-refractivity contribution in [2.75, 3.05) is 17.7 Å². The Bertz CT molecular complexity index is 506. The Morgan fingerprint density at radius 2 is 1.59 bits per heavy atom. The van der Waals surface area contributed by atoms with Crippen LogP contribution in [0.15, 0.2) is 54.6 Å². The second-order valence-corrected chi connectivity index (χ2v) is 3.82. The first-order chi connectivity index (χ1) is 8.18. The highest BCUT2D eigenvalue weighted by atomic mass is 16.2. The highest BCUT2D eigenvalue weighted by Gasteiger charge is 2.12. The molecule has 3 nitrogen and oxygen atoms in total. The van der Waals surface area contributed by atoms with Gasteiger partial charge in [-0.3, -0.25) is 4.79 Å². The summed E-state index contributed by atoms with van der Waals surface area (Å²) in [5.41, 5.74) is 7.80. The van der Waals surface area contributed by atoms with Crippen LogP contribution in [0.5, 0.6) is 0 Å². The third-order valence-corrected chi connectivity index (χ3v) is 2.61. The molecule has 0 atom stereocenters. The van der Waals surface area contributed by atoms with Crippen molar-refractivity contribution < 1.29 is 4.79 Å². The SMILES string of the molecule is CN(C(=O)c1ccccc1)c1ccc(N)cc1. The topological polar surface area (TPSA) is 46.3 Å². The number of nitrogens with two attached hydrogens (primary N) is 1. The van der Waals surface area contributed by atoms with Gasteiger partial charge in [-0.25, -0.2) is 0 Å². The summed E-state index contributed by atoms with van der Waals surface area (Å²) in [6.45, 7) is 0. The fourth-order valence-corrected chi connectivity index (χ4v) is 1.59. The quantitative estimate of drug-likeness (QED) is 0.800. The van der Waals surface area contributed by atoms with E-state index in [4.69, 9.17) is 5.73 Å². The van der Waals surface area contributed by atoms with E-state index in [9.17, 15) is 4.79 Å². The Balaban J connectivity index is 2.23. The third-order valence-electron chi connectivity index (χ3n) is 2.61. The zero-order chi connectivity index (χ0) is 12.3. The molecule has 0 heterocycles. The molecule has 1 amide bonds. The number of hydrogen-bond acceptors (Lipinski definition) is 2. The molecule has 0 radical (unpaired) electrons. The van der Waals surface area contributed by atoms with E-state index in [-0.39, 0.29) is 5.91 Å². The van der Waals surface area contributed by atoms with Crippen molar-refractivity contribution in [2.45, 2.75) is 0 Å². The maximum atomic E-state index is 12.1. The molecule has 0 spiro atoms. The maximum Gasteiger partial charge on any atom is 0.258 e. The fourth-order valence-electron chi connectivity index (χ4n) is 1.59. The van der Waals surface area contributed by atoms with Gasteiger partial charge in [-0.1, -0.05) is 18.2 Å². The van der Waals surface area contributed by atoms with Crippen LogP contribution in [-0.2, 0) is 0 Å². The van der Waals surface area contributed by atoms with Crippen LogP contribution < -0.4 is 10.6 Å². The molecule has 0 saturated carbocycles. The van der Waals surface area contributed by atoms with E-state index < -0.39 is 0 Å². The molecule has 0 aliphatic carbocycles. The smallest absolute Gasteiger partial charge is 0.258 e. The summed E-state index contributed by atoms with van der Waals surface area (Å²) < 4.78 is 0. The first-order valence-electron chi connectivity index (χ1n) is 5.37. The van der Waals surface area contributed by atoms with Gasteiger partial charge in [0.25, 0.3) is 5.91 Å². The number of benzene rings is 2. The van der Waals surface area contributed by atoms with Gasteiger partial charge in [-0.05, 0) is 36.4 Å². The molecular weight excluding hydrogens is 212 g/mol. The normalized spacial score (nSPS) is 9.94. The number of nitrogen functional groups attached to an aromatic ring is 1. The molecule has 0 aliphatic heterocycles. The van der Waals surface area contributed by atoms with Gasteiger partial charge < -0.3 is 10.6 Å². The molecule has 2 aromatic carbocycles. The number of rotatable bonds is 2. The van der Waals surface area contributed by atoms with E-state index in [2.05, 4.69) is 0 Å². The van der Waals surface area contributed by atoms with Crippen LogP contribution in [0.2, 0.25) is 0 Å². The van der Waals surface area contributed by atoms with Gasteiger partial charge in [0.15, 0.2) is 0 Å². The fraction of sp³-hybridized carbons (Fsp3) is 0.0714. The summed E-state index contributed by atoms with van der Waals surface area (Å²) >= 11 is 0. The predicted molar refractivity (Wildman–Crippen MR) is 70.0 cm³/mol. The molecule has 0 aliphatic rings. The van der Waals surface area contributed by atoms with Crippen LogP contribution in [0.25, 0.3) is 0 Å². The Labute approximate surface area is 100 Å². The first kappa shape index (κ1) is 11.2. The highest BCUT2D eigenvalue weighted by Crippen LogP contribution is 2.17. The summed E-state index contributed by atoms with van der Waals surface area (Å²) in [5.74, 6) is -0.0321. The summed E-state index contributed by atoms with van der Waals surface area (Å²) in [5, 5.41) is 0. The van der Waals surface area contributed by atoms with Crippen molar-refractivity contribution in [3.63, 3.8) is 0 Å². The lowest BCUT2D eigenvalue weighted by atomic mass is 10.2. The lowest BCUT2D eigenvalue weighted by molar-refractivity contribution is 0.0993. The van der Waals surface area contributed by atoms with E-state index in [0.717, 1.165) is 5.69 Å². The minimum atomic E-state index is -0.0321. The second-order valence-electron chi connectivity index (χ2n) is 3.82. The van der Waals surface area contributed by atoms with Gasteiger partial charge in [0.1, 0.15) is 0 Å². The van der Waals surface area contributed by atoms with Crippen molar-refractivity contribution in [3.8, 4) is 0 Å². The van der Waals surface area contributed by atoms with Gasteiger partial charge in [0.05, 0.1) is 0 Å². The lowest BCUT2D eigenvalue weighted by Crippen LogP contribution is -2.26.